The van der Waals surface area contributed by atoms with Gasteiger partial charge >= 0.3 is 0 Å². The van der Waals surface area contributed by atoms with Gasteiger partial charge in [-0.3, -0.25) is 14.3 Å². The monoisotopic (exact) mass is 473 g/mol. The molecule has 0 saturated carbocycles. The van der Waals surface area contributed by atoms with Crippen LogP contribution in [0.2, 0.25) is 5.02 Å². The minimum absolute atomic E-state index is 0.161. The van der Waals surface area contributed by atoms with Gasteiger partial charge < -0.3 is 5.32 Å². The summed E-state index contributed by atoms with van der Waals surface area (Å²) in [5, 5.41) is 12.8. The quantitative estimate of drug-likeness (QED) is 0.484. The summed E-state index contributed by atoms with van der Waals surface area (Å²) in [6, 6.07) is 11.6. The van der Waals surface area contributed by atoms with E-state index in [2.05, 4.69) is 20.4 Å². The summed E-state index contributed by atoms with van der Waals surface area (Å²) >= 11 is 7.35. The number of aryl methyl sites for hydroxylation is 1. The Hall–Kier alpha value is -2.42. The predicted molar refractivity (Wildman–Crippen MR) is 126 cm³/mol. The lowest BCUT2D eigenvalue weighted by molar-refractivity contribution is -0.113. The fourth-order valence-corrected chi connectivity index (χ4v) is 4.65. The SMILES string of the molecule is Cc1ccc(Cl)cc1NC(=O)CSc1nnc(CN2CCCCC2)n1-c1ccc(F)cc1. The first-order chi connectivity index (χ1) is 15.5. The number of anilines is 1. The Labute approximate surface area is 196 Å². The number of hydrogen-bond acceptors (Lipinski definition) is 5. The maximum absolute atomic E-state index is 13.5. The molecule has 2 heterocycles. The molecule has 1 fully saturated rings. The molecule has 1 N–H and O–H groups in total. The van der Waals surface area contributed by atoms with E-state index in [0.717, 1.165) is 30.2 Å². The molecule has 0 aliphatic carbocycles. The van der Waals surface area contributed by atoms with Crippen LogP contribution in [0.1, 0.15) is 30.7 Å². The number of halogens is 2. The van der Waals surface area contributed by atoms with Crippen LogP contribution in [0.3, 0.4) is 0 Å². The van der Waals surface area contributed by atoms with Gasteiger partial charge in [0, 0.05) is 16.4 Å². The van der Waals surface area contributed by atoms with Crippen molar-refractivity contribution in [1.82, 2.24) is 19.7 Å². The molecule has 9 heteroatoms. The molecule has 3 aromatic rings. The second-order valence-corrected chi connectivity index (χ2v) is 9.22. The van der Waals surface area contributed by atoms with Crippen LogP contribution < -0.4 is 5.32 Å². The van der Waals surface area contributed by atoms with E-state index >= 15 is 0 Å². The van der Waals surface area contributed by atoms with E-state index in [1.54, 1.807) is 24.3 Å². The van der Waals surface area contributed by atoms with Crippen molar-refractivity contribution < 1.29 is 9.18 Å². The first-order valence-electron chi connectivity index (χ1n) is 10.6. The van der Waals surface area contributed by atoms with Crippen LogP contribution in [0, 0.1) is 12.7 Å². The summed E-state index contributed by atoms with van der Waals surface area (Å²) in [5.41, 5.74) is 2.40. The van der Waals surface area contributed by atoms with Gasteiger partial charge in [-0.25, -0.2) is 4.39 Å². The fourth-order valence-electron chi connectivity index (χ4n) is 3.71. The smallest absolute Gasteiger partial charge is 0.234 e. The summed E-state index contributed by atoms with van der Waals surface area (Å²) in [6.45, 7) is 4.64. The van der Waals surface area contributed by atoms with Crippen LogP contribution >= 0.6 is 23.4 Å². The molecule has 1 saturated heterocycles. The third kappa shape index (κ3) is 5.68. The van der Waals surface area contributed by atoms with Crippen LogP contribution in [0.4, 0.5) is 10.1 Å². The number of amides is 1. The maximum Gasteiger partial charge on any atom is 0.234 e. The van der Waals surface area contributed by atoms with Crippen molar-refractivity contribution in [2.24, 2.45) is 0 Å². The second kappa shape index (κ2) is 10.5. The number of piperidine rings is 1. The number of nitrogens with one attached hydrogen (secondary N) is 1. The van der Waals surface area contributed by atoms with Gasteiger partial charge in [-0.05, 0) is 74.8 Å². The lowest BCUT2D eigenvalue weighted by atomic mass is 10.1. The lowest BCUT2D eigenvalue weighted by Crippen LogP contribution is -2.30. The van der Waals surface area contributed by atoms with Gasteiger partial charge in [-0.2, -0.15) is 0 Å². The molecule has 1 aliphatic rings. The van der Waals surface area contributed by atoms with Crippen molar-refractivity contribution in [3.05, 3.63) is 64.7 Å². The minimum Gasteiger partial charge on any atom is -0.325 e. The van der Waals surface area contributed by atoms with Crippen molar-refractivity contribution in [3.8, 4) is 5.69 Å². The topological polar surface area (TPSA) is 63.1 Å². The molecular weight excluding hydrogens is 449 g/mol. The molecular formula is C23H25ClFN5OS. The number of likely N-dealkylation sites (tertiary alicyclic amines) is 1. The average Bonchev–Trinajstić information content (AvgIpc) is 3.18. The molecule has 0 atom stereocenters. The zero-order valence-corrected chi connectivity index (χ0v) is 19.4. The molecule has 0 bridgehead atoms. The van der Waals surface area contributed by atoms with Gasteiger partial charge in [0.15, 0.2) is 11.0 Å². The third-order valence-corrected chi connectivity index (χ3v) is 6.57. The van der Waals surface area contributed by atoms with Crippen molar-refractivity contribution in [2.75, 3.05) is 24.2 Å². The van der Waals surface area contributed by atoms with Crippen molar-refractivity contribution >= 4 is 35.0 Å². The van der Waals surface area contributed by atoms with Gasteiger partial charge in [-0.1, -0.05) is 35.9 Å². The average molecular weight is 474 g/mol. The number of aromatic nitrogens is 3. The van der Waals surface area contributed by atoms with Crippen LogP contribution in [0.5, 0.6) is 0 Å². The highest BCUT2D eigenvalue weighted by molar-refractivity contribution is 7.99. The summed E-state index contributed by atoms with van der Waals surface area (Å²) in [5.74, 6) is 0.484. The van der Waals surface area contributed by atoms with E-state index in [4.69, 9.17) is 11.6 Å². The molecule has 2 aromatic carbocycles. The first kappa shape index (κ1) is 22.8. The van der Waals surface area contributed by atoms with Gasteiger partial charge in [0.05, 0.1) is 12.3 Å². The zero-order valence-electron chi connectivity index (χ0n) is 17.9. The Morgan fingerprint density at radius 3 is 2.62 bits per heavy atom. The number of rotatable bonds is 7. The normalized spacial score (nSPS) is 14.5. The summed E-state index contributed by atoms with van der Waals surface area (Å²) in [7, 11) is 0. The summed E-state index contributed by atoms with van der Waals surface area (Å²) < 4.78 is 15.4. The molecule has 1 aromatic heterocycles. The molecule has 1 amide bonds. The second-order valence-electron chi connectivity index (χ2n) is 7.84. The summed E-state index contributed by atoms with van der Waals surface area (Å²) in [6.07, 6.45) is 3.61. The standard InChI is InChI=1S/C23H25ClFN5OS/c1-16-5-6-17(24)13-20(16)26-22(31)15-32-23-28-27-21(14-29-11-3-2-4-12-29)30(23)19-9-7-18(25)8-10-19/h5-10,13H,2-4,11-12,14-15H2,1H3,(H,26,31). The molecule has 4 rings (SSSR count). The molecule has 32 heavy (non-hydrogen) atoms. The number of nitrogens with zero attached hydrogens (tertiary/aromatic N) is 4. The fraction of sp³-hybridized carbons (Fsp3) is 0.348. The number of carbonyl (C=O) groups is 1. The highest BCUT2D eigenvalue weighted by Crippen LogP contribution is 2.25. The molecule has 1 aliphatic heterocycles. The van der Waals surface area contributed by atoms with Crippen molar-refractivity contribution in [2.45, 2.75) is 37.9 Å². The lowest BCUT2D eigenvalue weighted by Gasteiger charge is -2.26. The molecule has 0 spiro atoms. The number of benzene rings is 2. The van der Waals surface area contributed by atoms with Gasteiger partial charge in [0.25, 0.3) is 0 Å². The third-order valence-electron chi connectivity index (χ3n) is 5.40. The predicted octanol–water partition coefficient (Wildman–Crippen LogP) is 5.08. The zero-order chi connectivity index (χ0) is 22.5. The maximum atomic E-state index is 13.5. The Kier molecular flexibility index (Phi) is 7.44. The minimum atomic E-state index is -0.301. The highest BCUT2D eigenvalue weighted by Gasteiger charge is 2.20. The Morgan fingerprint density at radius 2 is 1.88 bits per heavy atom. The van der Waals surface area contributed by atoms with Crippen molar-refractivity contribution in [1.29, 1.82) is 0 Å². The van der Waals surface area contributed by atoms with E-state index in [9.17, 15) is 9.18 Å². The van der Waals surface area contributed by atoms with Crippen LogP contribution in [-0.4, -0.2) is 44.4 Å². The molecule has 0 unspecified atom stereocenters. The van der Waals surface area contributed by atoms with Gasteiger partial charge in [0.2, 0.25) is 5.91 Å². The number of thioether (sulfide) groups is 1. The van der Waals surface area contributed by atoms with Crippen LogP contribution in [0.25, 0.3) is 5.69 Å². The van der Waals surface area contributed by atoms with E-state index in [1.165, 1.54) is 43.2 Å². The molecule has 0 radical (unpaired) electrons. The van der Waals surface area contributed by atoms with Crippen LogP contribution in [-0.2, 0) is 11.3 Å². The van der Waals surface area contributed by atoms with Gasteiger partial charge in [0.1, 0.15) is 5.82 Å². The molecule has 6 nitrogen and oxygen atoms in total. The highest BCUT2D eigenvalue weighted by atomic mass is 35.5. The number of carbonyl (C=O) groups excluding carboxylic acids is 1. The molecule has 168 valence electrons. The van der Waals surface area contributed by atoms with Crippen LogP contribution in [0.15, 0.2) is 47.6 Å². The largest absolute Gasteiger partial charge is 0.325 e. The number of hydrogen-bond donors (Lipinski definition) is 1. The van der Waals surface area contributed by atoms with E-state index in [1.807, 2.05) is 17.6 Å². The van der Waals surface area contributed by atoms with Gasteiger partial charge in [-0.15, -0.1) is 10.2 Å². The first-order valence-corrected chi connectivity index (χ1v) is 12.0. The van der Waals surface area contributed by atoms with E-state index in [-0.39, 0.29) is 17.5 Å². The summed E-state index contributed by atoms with van der Waals surface area (Å²) in [4.78, 5) is 14.9. The van der Waals surface area contributed by atoms with E-state index < -0.39 is 0 Å². The van der Waals surface area contributed by atoms with Crippen molar-refractivity contribution in [3.63, 3.8) is 0 Å². The van der Waals surface area contributed by atoms with E-state index in [0.29, 0.717) is 22.4 Å². The Morgan fingerprint density at radius 1 is 1.12 bits per heavy atom. The Bertz CT molecular complexity index is 1080. The Balaban J connectivity index is 1.51.